The summed E-state index contributed by atoms with van der Waals surface area (Å²) in [5, 5.41) is 0. The average molecular weight is 236 g/mol. The largest absolute Gasteiger partial charge is 0.345 e. The lowest BCUT2D eigenvalue weighted by atomic mass is 9.86. The van der Waals surface area contributed by atoms with Crippen molar-refractivity contribution in [2.24, 2.45) is 11.8 Å². The summed E-state index contributed by atoms with van der Waals surface area (Å²) in [5.41, 5.74) is 1.18. The van der Waals surface area contributed by atoms with Gasteiger partial charge in [0.2, 0.25) is 0 Å². The van der Waals surface area contributed by atoms with Crippen molar-refractivity contribution in [1.82, 2.24) is 0 Å². The van der Waals surface area contributed by atoms with Crippen LogP contribution in [0.1, 0.15) is 39.5 Å². The van der Waals surface area contributed by atoms with Crippen LogP contribution >= 0.6 is 0 Å². The highest BCUT2D eigenvalue weighted by atomic mass is 16.8. The Hall–Kier alpha value is -0.670. The predicted octanol–water partition coefficient (Wildman–Crippen LogP) is 2.45. The Morgan fingerprint density at radius 3 is 2.76 bits per heavy atom. The molecule has 0 bridgehead atoms. The van der Waals surface area contributed by atoms with Gasteiger partial charge in [0, 0.05) is 18.3 Å². The van der Waals surface area contributed by atoms with E-state index in [4.69, 9.17) is 9.47 Å². The molecule has 0 amide bonds. The third-order valence-electron chi connectivity index (χ3n) is 4.35. The van der Waals surface area contributed by atoms with E-state index in [0.717, 1.165) is 19.3 Å². The molecule has 2 unspecified atom stereocenters. The molecule has 4 atom stereocenters. The van der Waals surface area contributed by atoms with Gasteiger partial charge in [0.05, 0.1) is 12.2 Å². The minimum absolute atomic E-state index is 0.0384. The van der Waals surface area contributed by atoms with Crippen LogP contribution in [0, 0.1) is 11.8 Å². The SMILES string of the molecule is C=C1CCC2C(=O)CC[C@@H]3OC(C)(C)O[C@H]3C12. The minimum atomic E-state index is -0.511. The number of Topliss-reactive ketones (excluding diaryl/α,β-unsaturated/α-hetero) is 1. The molecule has 3 aliphatic rings. The van der Waals surface area contributed by atoms with Crippen LogP contribution in [0.15, 0.2) is 12.2 Å². The maximum absolute atomic E-state index is 12.1. The number of fused-ring (bicyclic) bond motifs is 3. The second-order valence-electron chi connectivity index (χ2n) is 5.97. The van der Waals surface area contributed by atoms with Crippen molar-refractivity contribution in [2.45, 2.75) is 57.5 Å². The summed E-state index contributed by atoms with van der Waals surface area (Å²) in [7, 11) is 0. The summed E-state index contributed by atoms with van der Waals surface area (Å²) >= 11 is 0. The van der Waals surface area contributed by atoms with Crippen LogP contribution in [0.2, 0.25) is 0 Å². The predicted molar refractivity (Wildman–Crippen MR) is 63.4 cm³/mol. The van der Waals surface area contributed by atoms with Crippen molar-refractivity contribution < 1.29 is 14.3 Å². The molecule has 0 aromatic rings. The fourth-order valence-electron chi connectivity index (χ4n) is 3.65. The van der Waals surface area contributed by atoms with Gasteiger partial charge in [-0.15, -0.1) is 0 Å². The second kappa shape index (κ2) is 3.66. The molecule has 0 spiro atoms. The van der Waals surface area contributed by atoms with Gasteiger partial charge in [-0.3, -0.25) is 4.79 Å². The van der Waals surface area contributed by atoms with E-state index >= 15 is 0 Å². The molecule has 1 saturated heterocycles. The van der Waals surface area contributed by atoms with E-state index in [-0.39, 0.29) is 24.0 Å². The lowest BCUT2D eigenvalue weighted by molar-refractivity contribution is -0.154. The van der Waals surface area contributed by atoms with E-state index in [9.17, 15) is 4.79 Å². The van der Waals surface area contributed by atoms with Crippen molar-refractivity contribution in [3.05, 3.63) is 12.2 Å². The first-order valence-electron chi connectivity index (χ1n) is 6.54. The normalized spacial score (nSPS) is 44.4. The average Bonchev–Trinajstić information content (AvgIpc) is 2.71. The Bertz CT molecular complexity index is 372. The van der Waals surface area contributed by atoms with Crippen LogP contribution in [-0.2, 0) is 14.3 Å². The molecule has 0 N–H and O–H groups in total. The van der Waals surface area contributed by atoms with Crippen molar-refractivity contribution in [3.8, 4) is 0 Å². The van der Waals surface area contributed by atoms with E-state index in [0.29, 0.717) is 12.2 Å². The molecule has 2 aliphatic carbocycles. The summed E-state index contributed by atoms with van der Waals surface area (Å²) in [6, 6.07) is 0. The van der Waals surface area contributed by atoms with Gasteiger partial charge >= 0.3 is 0 Å². The van der Waals surface area contributed by atoms with Gasteiger partial charge in [-0.2, -0.15) is 0 Å². The van der Waals surface area contributed by atoms with Crippen LogP contribution in [0.5, 0.6) is 0 Å². The highest BCUT2D eigenvalue weighted by molar-refractivity contribution is 5.82. The Morgan fingerprint density at radius 2 is 2.00 bits per heavy atom. The van der Waals surface area contributed by atoms with E-state index in [2.05, 4.69) is 6.58 Å². The molecule has 3 fully saturated rings. The van der Waals surface area contributed by atoms with Crippen molar-refractivity contribution in [3.63, 3.8) is 0 Å². The van der Waals surface area contributed by atoms with Gasteiger partial charge in [0.15, 0.2) is 5.79 Å². The maximum Gasteiger partial charge on any atom is 0.163 e. The van der Waals surface area contributed by atoms with Crippen molar-refractivity contribution in [1.29, 1.82) is 0 Å². The number of hydrogen-bond donors (Lipinski definition) is 0. The zero-order valence-electron chi connectivity index (χ0n) is 10.6. The molecule has 0 radical (unpaired) electrons. The number of ketones is 1. The number of carbonyl (C=O) groups is 1. The summed E-state index contributed by atoms with van der Waals surface area (Å²) in [5.74, 6) is 0.197. The number of rotatable bonds is 0. The third kappa shape index (κ3) is 1.76. The Morgan fingerprint density at radius 1 is 1.24 bits per heavy atom. The van der Waals surface area contributed by atoms with Gasteiger partial charge in [-0.1, -0.05) is 12.2 Å². The quantitative estimate of drug-likeness (QED) is 0.606. The summed E-state index contributed by atoms with van der Waals surface area (Å²) in [6.07, 6.45) is 3.46. The first-order valence-corrected chi connectivity index (χ1v) is 6.54. The molecular weight excluding hydrogens is 216 g/mol. The molecular formula is C14H20O3. The van der Waals surface area contributed by atoms with E-state index in [1.807, 2.05) is 13.8 Å². The number of carbonyl (C=O) groups excluding carboxylic acids is 1. The monoisotopic (exact) mass is 236 g/mol. The van der Waals surface area contributed by atoms with Crippen LogP contribution in [0.25, 0.3) is 0 Å². The van der Waals surface area contributed by atoms with Crippen molar-refractivity contribution in [2.75, 3.05) is 0 Å². The highest BCUT2D eigenvalue weighted by Gasteiger charge is 2.52. The van der Waals surface area contributed by atoms with Gasteiger partial charge in [0.25, 0.3) is 0 Å². The lowest BCUT2D eigenvalue weighted by Gasteiger charge is -2.25. The van der Waals surface area contributed by atoms with Gasteiger partial charge in [-0.25, -0.2) is 0 Å². The highest BCUT2D eigenvalue weighted by Crippen LogP contribution is 2.48. The van der Waals surface area contributed by atoms with Crippen LogP contribution in [0.3, 0.4) is 0 Å². The minimum Gasteiger partial charge on any atom is -0.345 e. The Labute approximate surface area is 102 Å². The standard InChI is InChI=1S/C14H20O3/c1-8-4-5-9-10(15)6-7-11-13(12(8)9)17-14(2,3)16-11/h9,11-13H,1,4-7H2,2-3H3/t9?,11-,12?,13+/m0/s1. The van der Waals surface area contributed by atoms with Crippen LogP contribution < -0.4 is 0 Å². The molecule has 2 saturated carbocycles. The summed E-state index contributed by atoms with van der Waals surface area (Å²) in [6.45, 7) is 8.04. The third-order valence-corrected chi connectivity index (χ3v) is 4.35. The van der Waals surface area contributed by atoms with E-state index < -0.39 is 5.79 Å². The fraction of sp³-hybridized carbons (Fsp3) is 0.786. The first-order chi connectivity index (χ1) is 7.98. The van der Waals surface area contributed by atoms with E-state index in [1.165, 1.54) is 5.57 Å². The van der Waals surface area contributed by atoms with Gasteiger partial charge < -0.3 is 9.47 Å². The zero-order valence-corrected chi connectivity index (χ0v) is 10.6. The molecule has 17 heavy (non-hydrogen) atoms. The Balaban J connectivity index is 1.93. The number of hydrogen-bond acceptors (Lipinski definition) is 3. The molecule has 0 aromatic carbocycles. The molecule has 1 aliphatic heterocycles. The lowest BCUT2D eigenvalue weighted by Crippen LogP contribution is -2.33. The molecule has 3 heteroatoms. The summed E-state index contributed by atoms with van der Waals surface area (Å²) in [4.78, 5) is 12.1. The topological polar surface area (TPSA) is 35.5 Å². The van der Waals surface area contributed by atoms with Crippen LogP contribution in [0.4, 0.5) is 0 Å². The zero-order chi connectivity index (χ0) is 12.2. The van der Waals surface area contributed by atoms with E-state index in [1.54, 1.807) is 0 Å². The van der Waals surface area contributed by atoms with Gasteiger partial charge in [-0.05, 0) is 33.1 Å². The smallest absolute Gasteiger partial charge is 0.163 e. The van der Waals surface area contributed by atoms with Gasteiger partial charge in [0.1, 0.15) is 5.78 Å². The molecule has 0 aromatic heterocycles. The number of ether oxygens (including phenoxy) is 2. The molecule has 1 heterocycles. The van der Waals surface area contributed by atoms with Crippen molar-refractivity contribution >= 4 is 5.78 Å². The van der Waals surface area contributed by atoms with Crippen LogP contribution in [-0.4, -0.2) is 23.8 Å². The second-order valence-corrected chi connectivity index (χ2v) is 5.97. The molecule has 3 nitrogen and oxygen atoms in total. The first kappa shape index (κ1) is 11.4. The molecule has 94 valence electrons. The molecule has 3 rings (SSSR count). The Kier molecular flexibility index (Phi) is 2.46. The maximum atomic E-state index is 12.1. The summed E-state index contributed by atoms with van der Waals surface area (Å²) < 4.78 is 12.0. The fourth-order valence-corrected chi connectivity index (χ4v) is 3.65.